The number of alkyl halides is 1. The van der Waals surface area contributed by atoms with Gasteiger partial charge in [-0.1, -0.05) is 12.1 Å². The zero-order valence-corrected chi connectivity index (χ0v) is 13.5. The van der Waals surface area contributed by atoms with Gasteiger partial charge in [-0.3, -0.25) is 0 Å². The van der Waals surface area contributed by atoms with Gasteiger partial charge in [-0.2, -0.15) is 0 Å². The summed E-state index contributed by atoms with van der Waals surface area (Å²) in [4.78, 5) is 2.45. The molecular formula is C13H12BrClS2. The Morgan fingerprint density at radius 3 is 2.41 bits per heavy atom. The Morgan fingerprint density at radius 1 is 1.29 bits per heavy atom. The summed E-state index contributed by atoms with van der Waals surface area (Å²) in [6.07, 6.45) is 2.08. The van der Waals surface area contributed by atoms with Gasteiger partial charge in [-0.25, -0.2) is 0 Å². The van der Waals surface area contributed by atoms with Crippen molar-refractivity contribution in [3.63, 3.8) is 0 Å². The molecule has 2 aromatic rings. The third-order valence-electron chi connectivity index (χ3n) is 2.53. The van der Waals surface area contributed by atoms with E-state index in [2.05, 4.69) is 59.4 Å². The summed E-state index contributed by atoms with van der Waals surface area (Å²) in [5, 5.41) is -0.0547. The number of thiophene rings is 1. The summed E-state index contributed by atoms with van der Waals surface area (Å²) < 4.78 is 1.17. The molecule has 0 nitrogen and oxygen atoms in total. The fraction of sp³-hybridized carbons (Fsp3) is 0.231. The van der Waals surface area contributed by atoms with Gasteiger partial charge in [0.25, 0.3) is 0 Å². The maximum atomic E-state index is 6.50. The fourth-order valence-corrected chi connectivity index (χ4v) is 3.87. The lowest BCUT2D eigenvalue weighted by Crippen LogP contribution is -1.89. The highest BCUT2D eigenvalue weighted by Crippen LogP contribution is 2.38. The fourth-order valence-electron chi connectivity index (χ4n) is 1.55. The van der Waals surface area contributed by atoms with Crippen LogP contribution in [0.15, 0.2) is 39.0 Å². The van der Waals surface area contributed by atoms with Gasteiger partial charge in [-0.05, 0) is 58.4 Å². The number of aryl methyl sites for hydroxylation is 1. The summed E-state index contributed by atoms with van der Waals surface area (Å²) in [5.41, 5.74) is 2.40. The molecule has 0 saturated carbocycles. The van der Waals surface area contributed by atoms with Crippen LogP contribution >= 0.6 is 50.6 Å². The Balaban J connectivity index is 2.26. The zero-order chi connectivity index (χ0) is 12.4. The summed E-state index contributed by atoms with van der Waals surface area (Å²) >= 11 is 13.5. The molecule has 1 unspecified atom stereocenters. The molecule has 0 N–H and O–H groups in total. The number of thioether (sulfide) groups is 1. The molecule has 0 bridgehead atoms. The first-order valence-electron chi connectivity index (χ1n) is 5.15. The molecule has 1 heterocycles. The van der Waals surface area contributed by atoms with Crippen LogP contribution in [-0.2, 0) is 0 Å². The maximum Gasteiger partial charge on any atom is 0.0928 e. The van der Waals surface area contributed by atoms with Crippen molar-refractivity contribution < 1.29 is 0 Å². The van der Waals surface area contributed by atoms with Crippen molar-refractivity contribution in [1.82, 2.24) is 0 Å². The quantitative estimate of drug-likeness (QED) is 0.494. The van der Waals surface area contributed by atoms with E-state index in [9.17, 15) is 0 Å². The van der Waals surface area contributed by atoms with Crippen molar-refractivity contribution in [3.05, 3.63) is 50.1 Å². The maximum absolute atomic E-state index is 6.50. The van der Waals surface area contributed by atoms with Crippen LogP contribution in [0.3, 0.4) is 0 Å². The van der Waals surface area contributed by atoms with Gasteiger partial charge in [0.1, 0.15) is 0 Å². The van der Waals surface area contributed by atoms with Gasteiger partial charge in [0.2, 0.25) is 0 Å². The van der Waals surface area contributed by atoms with Gasteiger partial charge >= 0.3 is 0 Å². The van der Waals surface area contributed by atoms with Crippen molar-refractivity contribution in [2.24, 2.45) is 0 Å². The van der Waals surface area contributed by atoms with Crippen molar-refractivity contribution in [2.75, 3.05) is 6.26 Å². The van der Waals surface area contributed by atoms with E-state index in [4.69, 9.17) is 11.6 Å². The van der Waals surface area contributed by atoms with Crippen LogP contribution < -0.4 is 0 Å². The first-order chi connectivity index (χ1) is 8.11. The minimum absolute atomic E-state index is 0.0547. The first-order valence-corrected chi connectivity index (χ1v) is 8.42. The lowest BCUT2D eigenvalue weighted by Gasteiger charge is -2.08. The molecule has 17 heavy (non-hydrogen) atoms. The SMILES string of the molecule is CSc1ccc(C(Cl)c2cc(C)c(Br)s2)cc1. The Bertz CT molecular complexity index is 485. The van der Waals surface area contributed by atoms with Crippen LogP contribution in [0.1, 0.15) is 21.4 Å². The third-order valence-corrected chi connectivity index (χ3v) is 6.10. The largest absolute Gasteiger partial charge is 0.131 e. The Morgan fingerprint density at radius 2 is 1.94 bits per heavy atom. The van der Waals surface area contributed by atoms with E-state index in [1.54, 1.807) is 23.1 Å². The predicted octanol–water partition coefficient (Wildman–Crippen LogP) is 5.87. The van der Waals surface area contributed by atoms with Crippen molar-refractivity contribution >= 4 is 50.6 Å². The van der Waals surface area contributed by atoms with Crippen molar-refractivity contribution in [3.8, 4) is 0 Å². The molecule has 0 radical (unpaired) electrons. The standard InChI is InChI=1S/C13H12BrClS2/c1-8-7-11(17-13(8)14)12(15)9-3-5-10(16-2)6-4-9/h3-7,12H,1-2H3. The van der Waals surface area contributed by atoms with Gasteiger partial charge in [0, 0.05) is 9.77 Å². The average molecular weight is 348 g/mol. The van der Waals surface area contributed by atoms with Crippen LogP contribution in [0.5, 0.6) is 0 Å². The molecule has 0 aliphatic rings. The summed E-state index contributed by atoms with van der Waals surface area (Å²) in [6.45, 7) is 2.09. The zero-order valence-electron chi connectivity index (χ0n) is 9.54. The molecule has 0 amide bonds. The molecular weight excluding hydrogens is 336 g/mol. The molecule has 0 fully saturated rings. The Hall–Kier alpha value is 0.0400. The second-order valence-corrected chi connectivity index (χ2v) is 7.46. The molecule has 1 atom stereocenters. The van der Waals surface area contributed by atoms with E-state index in [1.807, 2.05) is 0 Å². The first kappa shape index (κ1) is 13.5. The van der Waals surface area contributed by atoms with E-state index in [0.717, 1.165) is 5.56 Å². The summed E-state index contributed by atoms with van der Waals surface area (Å²) in [5.74, 6) is 0. The van der Waals surface area contributed by atoms with Crippen LogP contribution in [-0.4, -0.2) is 6.26 Å². The lowest BCUT2D eigenvalue weighted by molar-refractivity contribution is 1.17. The van der Waals surface area contributed by atoms with E-state index in [-0.39, 0.29) is 5.38 Å². The normalized spacial score (nSPS) is 12.7. The molecule has 1 aromatic heterocycles. The molecule has 4 heteroatoms. The van der Waals surface area contributed by atoms with Gasteiger partial charge in [0.05, 0.1) is 9.16 Å². The average Bonchev–Trinajstić information content (AvgIpc) is 2.69. The number of benzene rings is 1. The molecule has 0 spiro atoms. The lowest BCUT2D eigenvalue weighted by atomic mass is 10.1. The Kier molecular flexibility index (Phi) is 4.59. The minimum atomic E-state index is -0.0547. The molecule has 90 valence electrons. The van der Waals surface area contributed by atoms with Crippen molar-refractivity contribution in [1.29, 1.82) is 0 Å². The smallest absolute Gasteiger partial charge is 0.0928 e. The molecule has 1 aromatic carbocycles. The number of rotatable bonds is 3. The van der Waals surface area contributed by atoms with E-state index >= 15 is 0 Å². The minimum Gasteiger partial charge on any atom is -0.131 e. The number of halogens is 2. The molecule has 0 aliphatic heterocycles. The highest BCUT2D eigenvalue weighted by Gasteiger charge is 2.14. The van der Waals surface area contributed by atoms with E-state index in [1.165, 1.54) is 19.1 Å². The van der Waals surface area contributed by atoms with Crippen molar-refractivity contribution in [2.45, 2.75) is 17.2 Å². The summed E-state index contributed by atoms with van der Waals surface area (Å²) in [7, 11) is 0. The van der Waals surface area contributed by atoms with Gasteiger partial charge in [0.15, 0.2) is 0 Å². The van der Waals surface area contributed by atoms with Crippen LogP contribution in [0.4, 0.5) is 0 Å². The molecule has 0 saturated heterocycles. The highest BCUT2D eigenvalue weighted by atomic mass is 79.9. The topological polar surface area (TPSA) is 0 Å². The van der Waals surface area contributed by atoms with Crippen LogP contribution in [0, 0.1) is 6.92 Å². The van der Waals surface area contributed by atoms with Gasteiger partial charge < -0.3 is 0 Å². The predicted molar refractivity (Wildman–Crippen MR) is 82.7 cm³/mol. The van der Waals surface area contributed by atoms with Crippen LogP contribution in [0.2, 0.25) is 0 Å². The van der Waals surface area contributed by atoms with E-state index in [0.29, 0.717) is 0 Å². The number of hydrogen-bond donors (Lipinski definition) is 0. The Labute approximate surface area is 124 Å². The second-order valence-electron chi connectivity index (χ2n) is 3.74. The highest BCUT2D eigenvalue weighted by molar-refractivity contribution is 9.11. The van der Waals surface area contributed by atoms with E-state index < -0.39 is 0 Å². The molecule has 0 aliphatic carbocycles. The van der Waals surface area contributed by atoms with Gasteiger partial charge in [-0.15, -0.1) is 34.7 Å². The molecule has 2 rings (SSSR count). The second kappa shape index (κ2) is 5.79. The number of hydrogen-bond acceptors (Lipinski definition) is 2. The monoisotopic (exact) mass is 346 g/mol. The van der Waals surface area contributed by atoms with Crippen LogP contribution in [0.25, 0.3) is 0 Å². The summed E-state index contributed by atoms with van der Waals surface area (Å²) in [6, 6.07) is 10.6. The third kappa shape index (κ3) is 3.08.